The van der Waals surface area contributed by atoms with Crippen molar-refractivity contribution in [3.63, 3.8) is 0 Å². The molecule has 0 bridgehead atoms. The summed E-state index contributed by atoms with van der Waals surface area (Å²) < 4.78 is 1.58. The molecule has 1 heterocycles. The van der Waals surface area contributed by atoms with Crippen molar-refractivity contribution >= 4 is 5.91 Å². The topological polar surface area (TPSA) is 71.6 Å². The van der Waals surface area contributed by atoms with E-state index in [1.165, 1.54) is 0 Å². The average Bonchev–Trinajstić information content (AvgIpc) is 2.94. The first-order valence-electron chi connectivity index (χ1n) is 6.09. The molecular formula is C15H11N4O. The Morgan fingerprint density at radius 1 is 0.950 bits per heavy atom. The summed E-state index contributed by atoms with van der Waals surface area (Å²) >= 11 is 0. The standard InChI is InChI=1S/C15H11N4O/c16-13(20)14-17-15(11-7-3-1-4-8-11)19(18-14)12-9-5-2-6-10-12/h1-10,16H. The number of aromatic nitrogens is 3. The van der Waals surface area contributed by atoms with Gasteiger partial charge in [0, 0.05) is 5.56 Å². The molecule has 1 aromatic heterocycles. The van der Waals surface area contributed by atoms with Crippen LogP contribution in [0, 0.1) is 0 Å². The van der Waals surface area contributed by atoms with Crippen molar-refractivity contribution in [2.45, 2.75) is 0 Å². The Morgan fingerprint density at radius 3 is 2.15 bits per heavy atom. The molecule has 1 N–H and O–H groups in total. The second-order valence-corrected chi connectivity index (χ2v) is 4.20. The minimum absolute atomic E-state index is 0.104. The molecule has 5 heteroatoms. The maximum absolute atomic E-state index is 11.2. The van der Waals surface area contributed by atoms with Gasteiger partial charge in [-0.3, -0.25) is 10.5 Å². The Morgan fingerprint density at radius 2 is 1.55 bits per heavy atom. The molecule has 0 aliphatic rings. The Labute approximate surface area is 115 Å². The van der Waals surface area contributed by atoms with Crippen LogP contribution in [0.25, 0.3) is 17.1 Å². The fraction of sp³-hybridized carbons (Fsp3) is 0. The summed E-state index contributed by atoms with van der Waals surface area (Å²) in [5, 5.41) is 4.12. The van der Waals surface area contributed by atoms with Gasteiger partial charge >= 0.3 is 5.91 Å². The van der Waals surface area contributed by atoms with Crippen LogP contribution in [0.15, 0.2) is 60.7 Å². The van der Waals surface area contributed by atoms with Crippen LogP contribution in [0.1, 0.15) is 10.6 Å². The highest BCUT2D eigenvalue weighted by molar-refractivity contribution is 5.88. The van der Waals surface area contributed by atoms with Crippen molar-refractivity contribution in [1.82, 2.24) is 20.5 Å². The minimum atomic E-state index is -0.892. The molecule has 1 amide bonds. The lowest BCUT2D eigenvalue weighted by Gasteiger charge is -2.05. The molecule has 1 radical (unpaired) electrons. The highest BCUT2D eigenvalue weighted by atomic mass is 16.1. The van der Waals surface area contributed by atoms with E-state index in [2.05, 4.69) is 10.1 Å². The smallest absolute Gasteiger partial charge is 0.264 e. The molecule has 0 fully saturated rings. The Balaban J connectivity index is 2.20. The molecule has 2 aromatic carbocycles. The summed E-state index contributed by atoms with van der Waals surface area (Å²) in [5.41, 5.74) is 8.82. The number of amides is 1. The van der Waals surface area contributed by atoms with Gasteiger partial charge in [-0.05, 0) is 12.1 Å². The van der Waals surface area contributed by atoms with E-state index in [1.807, 2.05) is 60.7 Å². The van der Waals surface area contributed by atoms with E-state index in [0.717, 1.165) is 11.3 Å². The van der Waals surface area contributed by atoms with Gasteiger partial charge in [0.15, 0.2) is 5.82 Å². The van der Waals surface area contributed by atoms with Crippen LogP contribution in [0.4, 0.5) is 0 Å². The van der Waals surface area contributed by atoms with E-state index in [4.69, 9.17) is 5.73 Å². The van der Waals surface area contributed by atoms with Crippen LogP contribution in [-0.2, 0) is 0 Å². The number of rotatable bonds is 3. The highest BCUT2D eigenvalue weighted by Crippen LogP contribution is 2.20. The van der Waals surface area contributed by atoms with E-state index in [1.54, 1.807) is 4.68 Å². The van der Waals surface area contributed by atoms with Gasteiger partial charge in [0.25, 0.3) is 0 Å². The summed E-state index contributed by atoms with van der Waals surface area (Å²) in [7, 11) is 0. The van der Waals surface area contributed by atoms with Gasteiger partial charge in [-0.15, -0.1) is 5.10 Å². The van der Waals surface area contributed by atoms with Crippen molar-refractivity contribution in [3.8, 4) is 17.1 Å². The summed E-state index contributed by atoms with van der Waals surface area (Å²) in [5.74, 6) is -0.447. The third kappa shape index (κ3) is 2.16. The second-order valence-electron chi connectivity index (χ2n) is 4.20. The number of hydrogen-bond donors (Lipinski definition) is 0. The fourth-order valence-electron chi connectivity index (χ4n) is 1.93. The Kier molecular flexibility index (Phi) is 3.01. The normalized spacial score (nSPS) is 10.4. The lowest BCUT2D eigenvalue weighted by Crippen LogP contribution is -2.03. The van der Waals surface area contributed by atoms with E-state index >= 15 is 0 Å². The van der Waals surface area contributed by atoms with Crippen LogP contribution in [0.2, 0.25) is 0 Å². The van der Waals surface area contributed by atoms with Crippen LogP contribution < -0.4 is 5.73 Å². The summed E-state index contributed by atoms with van der Waals surface area (Å²) in [6.45, 7) is 0. The maximum atomic E-state index is 11.2. The predicted octanol–water partition coefficient (Wildman–Crippen LogP) is 2.36. The van der Waals surface area contributed by atoms with E-state index in [0.29, 0.717) is 5.82 Å². The molecule has 0 saturated heterocycles. The summed E-state index contributed by atoms with van der Waals surface area (Å²) in [4.78, 5) is 15.4. The summed E-state index contributed by atoms with van der Waals surface area (Å²) in [6.07, 6.45) is 0. The van der Waals surface area contributed by atoms with Crippen molar-refractivity contribution in [2.75, 3.05) is 0 Å². The van der Waals surface area contributed by atoms with Gasteiger partial charge < -0.3 is 0 Å². The van der Waals surface area contributed by atoms with Crippen molar-refractivity contribution < 1.29 is 4.79 Å². The van der Waals surface area contributed by atoms with Crippen molar-refractivity contribution in [3.05, 3.63) is 66.5 Å². The predicted molar refractivity (Wildman–Crippen MR) is 74.2 cm³/mol. The van der Waals surface area contributed by atoms with E-state index in [-0.39, 0.29) is 5.82 Å². The zero-order valence-electron chi connectivity index (χ0n) is 10.5. The number of para-hydroxylation sites is 1. The molecular weight excluding hydrogens is 252 g/mol. The van der Waals surface area contributed by atoms with Crippen LogP contribution in [-0.4, -0.2) is 20.7 Å². The van der Waals surface area contributed by atoms with Gasteiger partial charge in [-0.1, -0.05) is 48.5 Å². The number of benzene rings is 2. The quantitative estimate of drug-likeness (QED) is 0.728. The first-order valence-corrected chi connectivity index (χ1v) is 6.09. The summed E-state index contributed by atoms with van der Waals surface area (Å²) in [6, 6.07) is 18.9. The van der Waals surface area contributed by atoms with Crippen LogP contribution in [0.5, 0.6) is 0 Å². The lowest BCUT2D eigenvalue weighted by molar-refractivity contribution is 0.0982. The van der Waals surface area contributed by atoms with Crippen LogP contribution >= 0.6 is 0 Å². The molecule has 5 nitrogen and oxygen atoms in total. The molecule has 0 saturated carbocycles. The first kappa shape index (κ1) is 12.1. The second kappa shape index (κ2) is 4.97. The van der Waals surface area contributed by atoms with Gasteiger partial charge in [0.05, 0.1) is 5.69 Å². The number of hydrogen-bond acceptors (Lipinski definition) is 3. The van der Waals surface area contributed by atoms with Gasteiger partial charge in [0.2, 0.25) is 5.82 Å². The zero-order valence-corrected chi connectivity index (χ0v) is 10.5. The first-order chi connectivity index (χ1) is 9.75. The number of nitrogens with one attached hydrogen (secondary N) is 1. The minimum Gasteiger partial charge on any atom is -0.264 e. The SMILES string of the molecule is [NH]C(=O)c1nc(-c2ccccc2)n(-c2ccccc2)n1. The lowest BCUT2D eigenvalue weighted by atomic mass is 10.2. The number of nitrogens with zero attached hydrogens (tertiary/aromatic N) is 3. The highest BCUT2D eigenvalue weighted by Gasteiger charge is 2.16. The van der Waals surface area contributed by atoms with E-state index < -0.39 is 5.91 Å². The maximum Gasteiger partial charge on any atom is 0.309 e. The van der Waals surface area contributed by atoms with Crippen molar-refractivity contribution in [2.24, 2.45) is 0 Å². The largest absolute Gasteiger partial charge is 0.309 e. The fourth-order valence-corrected chi connectivity index (χ4v) is 1.93. The average molecular weight is 263 g/mol. The third-order valence-electron chi connectivity index (χ3n) is 2.84. The molecule has 3 rings (SSSR count). The zero-order chi connectivity index (χ0) is 13.9. The van der Waals surface area contributed by atoms with Gasteiger partial charge in [0.1, 0.15) is 0 Å². The molecule has 97 valence electrons. The Bertz CT molecular complexity index is 678. The van der Waals surface area contributed by atoms with Gasteiger partial charge in [-0.2, -0.15) is 0 Å². The van der Waals surface area contributed by atoms with E-state index in [9.17, 15) is 4.79 Å². The van der Waals surface area contributed by atoms with Crippen LogP contribution in [0.3, 0.4) is 0 Å². The molecule has 0 unspecified atom stereocenters. The number of carbonyl (C=O) groups is 1. The molecule has 0 aliphatic carbocycles. The molecule has 3 aromatic rings. The molecule has 20 heavy (non-hydrogen) atoms. The monoisotopic (exact) mass is 263 g/mol. The third-order valence-corrected chi connectivity index (χ3v) is 2.84. The molecule has 0 aliphatic heterocycles. The molecule has 0 atom stereocenters. The molecule has 0 spiro atoms. The Hall–Kier alpha value is -2.95. The van der Waals surface area contributed by atoms with Gasteiger partial charge in [-0.25, -0.2) is 9.67 Å². The van der Waals surface area contributed by atoms with Crippen molar-refractivity contribution in [1.29, 1.82) is 0 Å². The number of carbonyl (C=O) groups excluding carboxylic acids is 1.